The third-order valence-electron chi connectivity index (χ3n) is 5.07. The van der Waals surface area contributed by atoms with Crippen molar-refractivity contribution in [1.29, 1.82) is 0 Å². The number of benzene rings is 2. The number of nitrogens with zero attached hydrogens (tertiary/aromatic N) is 3. The van der Waals surface area contributed by atoms with Crippen LogP contribution in [0.15, 0.2) is 60.9 Å². The van der Waals surface area contributed by atoms with E-state index < -0.39 is 0 Å². The van der Waals surface area contributed by atoms with Crippen LogP contribution in [-0.4, -0.2) is 29.3 Å². The maximum atomic E-state index is 12.5. The minimum absolute atomic E-state index is 0.0459. The van der Waals surface area contributed by atoms with Crippen LogP contribution < -0.4 is 10.2 Å². The van der Waals surface area contributed by atoms with Gasteiger partial charge in [-0.15, -0.1) is 0 Å². The molecular weight excluding hydrogens is 336 g/mol. The van der Waals surface area contributed by atoms with Crippen LogP contribution in [0.25, 0.3) is 0 Å². The fraction of sp³-hybridized carbons (Fsp3) is 0.273. The lowest BCUT2D eigenvalue weighted by atomic mass is 9.99. The number of hydrogen-bond donors (Lipinski definition) is 1. The monoisotopic (exact) mass is 360 g/mol. The van der Waals surface area contributed by atoms with E-state index in [2.05, 4.69) is 40.6 Å². The molecule has 1 N–H and O–H groups in total. The van der Waals surface area contributed by atoms with Crippen molar-refractivity contribution >= 4 is 11.6 Å². The largest absolute Gasteiger partial charge is 0.374 e. The first-order valence-corrected chi connectivity index (χ1v) is 9.36. The average Bonchev–Trinajstić information content (AvgIpc) is 3.20. The molecule has 0 fully saturated rings. The first-order chi connectivity index (χ1) is 13.2. The van der Waals surface area contributed by atoms with E-state index in [0.717, 1.165) is 24.1 Å². The fourth-order valence-corrected chi connectivity index (χ4v) is 3.58. The minimum atomic E-state index is -0.0459. The summed E-state index contributed by atoms with van der Waals surface area (Å²) in [5, 5.41) is 7.23. The molecule has 1 aromatic heterocycles. The molecule has 5 heteroatoms. The molecule has 1 aliphatic rings. The van der Waals surface area contributed by atoms with Crippen LogP contribution in [0.1, 0.15) is 33.5 Å². The Balaban J connectivity index is 1.36. The van der Waals surface area contributed by atoms with Crippen molar-refractivity contribution in [3.63, 3.8) is 0 Å². The Hall–Kier alpha value is -3.08. The lowest BCUT2D eigenvalue weighted by Gasteiger charge is -2.27. The molecule has 1 aliphatic heterocycles. The summed E-state index contributed by atoms with van der Waals surface area (Å²) in [6.07, 6.45) is 5.99. The molecule has 2 aromatic carbocycles. The van der Waals surface area contributed by atoms with Gasteiger partial charge in [0, 0.05) is 43.8 Å². The third kappa shape index (κ3) is 4.03. The van der Waals surface area contributed by atoms with Crippen molar-refractivity contribution in [3.05, 3.63) is 83.2 Å². The van der Waals surface area contributed by atoms with Crippen molar-refractivity contribution in [3.8, 4) is 0 Å². The van der Waals surface area contributed by atoms with E-state index in [4.69, 9.17) is 0 Å². The summed E-state index contributed by atoms with van der Waals surface area (Å²) in [5.41, 5.74) is 5.63. The Morgan fingerprint density at radius 1 is 1.15 bits per heavy atom. The zero-order valence-corrected chi connectivity index (χ0v) is 15.6. The van der Waals surface area contributed by atoms with Crippen molar-refractivity contribution in [2.75, 3.05) is 18.5 Å². The van der Waals surface area contributed by atoms with Crippen LogP contribution in [0.4, 0.5) is 5.69 Å². The molecule has 2 heterocycles. The van der Waals surface area contributed by atoms with Crippen LogP contribution >= 0.6 is 0 Å². The molecule has 0 saturated heterocycles. The molecule has 27 heavy (non-hydrogen) atoms. The predicted octanol–water partition coefficient (Wildman–Crippen LogP) is 3.24. The number of nitrogens with one attached hydrogen (secondary N) is 1. The molecule has 3 aromatic rings. The zero-order chi connectivity index (χ0) is 18.6. The molecule has 0 saturated carbocycles. The molecule has 0 spiro atoms. The van der Waals surface area contributed by atoms with Gasteiger partial charge in [0.25, 0.3) is 5.91 Å². The van der Waals surface area contributed by atoms with Crippen LogP contribution in [-0.2, 0) is 19.5 Å². The molecule has 0 bridgehead atoms. The molecule has 0 unspecified atom stereocenters. The molecule has 4 rings (SSSR count). The van der Waals surface area contributed by atoms with Gasteiger partial charge in [-0.1, -0.05) is 24.3 Å². The third-order valence-corrected chi connectivity index (χ3v) is 5.07. The lowest BCUT2D eigenvalue weighted by molar-refractivity contribution is 0.0951. The van der Waals surface area contributed by atoms with E-state index in [9.17, 15) is 4.79 Å². The van der Waals surface area contributed by atoms with Crippen molar-refractivity contribution in [2.45, 2.75) is 25.9 Å². The average molecular weight is 360 g/mol. The SMILES string of the molecule is CN1CCCc2cc(CNC(=O)c3ccc(Cn4cccn4)cc3)ccc21. The summed E-state index contributed by atoms with van der Waals surface area (Å²) in [4.78, 5) is 14.7. The Labute approximate surface area is 159 Å². The molecule has 5 nitrogen and oxygen atoms in total. The van der Waals surface area contributed by atoms with Crippen molar-refractivity contribution < 1.29 is 4.79 Å². The summed E-state index contributed by atoms with van der Waals surface area (Å²) < 4.78 is 1.86. The van der Waals surface area contributed by atoms with E-state index in [1.165, 1.54) is 17.7 Å². The maximum absolute atomic E-state index is 12.5. The highest BCUT2D eigenvalue weighted by atomic mass is 16.1. The summed E-state index contributed by atoms with van der Waals surface area (Å²) >= 11 is 0. The second-order valence-corrected chi connectivity index (χ2v) is 7.07. The minimum Gasteiger partial charge on any atom is -0.374 e. The van der Waals surface area contributed by atoms with Crippen LogP contribution in [0.3, 0.4) is 0 Å². The van der Waals surface area contributed by atoms with Crippen molar-refractivity contribution in [1.82, 2.24) is 15.1 Å². The molecule has 0 aliphatic carbocycles. The van der Waals surface area contributed by atoms with E-state index in [1.54, 1.807) is 6.20 Å². The van der Waals surface area contributed by atoms with Gasteiger partial charge in [-0.2, -0.15) is 5.10 Å². The summed E-state index contributed by atoms with van der Waals surface area (Å²) in [5.74, 6) is -0.0459. The second-order valence-electron chi connectivity index (χ2n) is 7.07. The molecule has 0 atom stereocenters. The number of aryl methyl sites for hydroxylation is 1. The quantitative estimate of drug-likeness (QED) is 0.760. The van der Waals surface area contributed by atoms with Gasteiger partial charge in [-0.25, -0.2) is 0 Å². The summed E-state index contributed by atoms with van der Waals surface area (Å²) in [6.45, 7) is 2.36. The number of hydrogen-bond acceptors (Lipinski definition) is 3. The number of carbonyl (C=O) groups excluding carboxylic acids is 1. The Morgan fingerprint density at radius 2 is 1.96 bits per heavy atom. The van der Waals surface area contributed by atoms with Gasteiger partial charge < -0.3 is 10.2 Å². The van der Waals surface area contributed by atoms with E-state index >= 15 is 0 Å². The highest BCUT2D eigenvalue weighted by Gasteiger charge is 2.14. The van der Waals surface area contributed by atoms with Crippen molar-refractivity contribution in [2.24, 2.45) is 0 Å². The molecular formula is C22H24N4O. The van der Waals surface area contributed by atoms with Gasteiger partial charge in [0.1, 0.15) is 0 Å². The highest BCUT2D eigenvalue weighted by Crippen LogP contribution is 2.26. The molecule has 0 radical (unpaired) electrons. The number of fused-ring (bicyclic) bond motifs is 1. The highest BCUT2D eigenvalue weighted by molar-refractivity contribution is 5.94. The topological polar surface area (TPSA) is 50.2 Å². The van der Waals surface area contributed by atoms with E-state index in [-0.39, 0.29) is 5.91 Å². The van der Waals surface area contributed by atoms with Crippen LogP contribution in [0, 0.1) is 0 Å². The number of aromatic nitrogens is 2. The fourth-order valence-electron chi connectivity index (χ4n) is 3.58. The Kier molecular flexibility index (Phi) is 4.92. The summed E-state index contributed by atoms with van der Waals surface area (Å²) in [7, 11) is 2.13. The maximum Gasteiger partial charge on any atom is 0.251 e. The first kappa shape index (κ1) is 17.3. The Morgan fingerprint density at radius 3 is 2.74 bits per heavy atom. The molecule has 1 amide bonds. The predicted molar refractivity (Wildman–Crippen MR) is 107 cm³/mol. The van der Waals surface area contributed by atoms with E-state index in [0.29, 0.717) is 18.7 Å². The standard InChI is InChI=1S/C22H24N4O/c1-25-12-2-4-20-14-18(7-10-21(20)25)15-23-22(27)19-8-5-17(6-9-19)16-26-13-3-11-24-26/h3,5-11,13-14H,2,4,12,15-16H2,1H3,(H,23,27). The van der Waals surface area contributed by atoms with Gasteiger partial charge in [0.05, 0.1) is 6.54 Å². The van der Waals surface area contributed by atoms with Gasteiger partial charge in [0.15, 0.2) is 0 Å². The van der Waals surface area contributed by atoms with E-state index in [1.807, 2.05) is 41.2 Å². The zero-order valence-electron chi connectivity index (χ0n) is 15.6. The normalized spacial score (nSPS) is 13.3. The number of carbonyl (C=O) groups is 1. The van der Waals surface area contributed by atoms with Crippen LogP contribution in [0.2, 0.25) is 0 Å². The number of amides is 1. The number of anilines is 1. The summed E-state index contributed by atoms with van der Waals surface area (Å²) in [6, 6.07) is 16.1. The van der Waals surface area contributed by atoms with Gasteiger partial charge >= 0.3 is 0 Å². The molecule has 138 valence electrons. The lowest BCUT2D eigenvalue weighted by Crippen LogP contribution is -2.25. The second kappa shape index (κ2) is 7.66. The Bertz CT molecular complexity index is 916. The first-order valence-electron chi connectivity index (χ1n) is 9.36. The van der Waals surface area contributed by atoms with Gasteiger partial charge in [-0.05, 0) is 53.8 Å². The smallest absolute Gasteiger partial charge is 0.251 e. The van der Waals surface area contributed by atoms with Crippen LogP contribution in [0.5, 0.6) is 0 Å². The number of rotatable bonds is 5. The van der Waals surface area contributed by atoms with Gasteiger partial charge in [0.2, 0.25) is 0 Å². The van der Waals surface area contributed by atoms with Gasteiger partial charge in [-0.3, -0.25) is 9.48 Å².